The number of halogens is 4. The summed E-state index contributed by atoms with van der Waals surface area (Å²) in [6, 6.07) is 5.36. The first kappa shape index (κ1) is 22.8. The second kappa shape index (κ2) is 8.33. The fourth-order valence-electron chi connectivity index (χ4n) is 5.13. The molecule has 0 saturated carbocycles. The number of aromatic nitrogens is 3. The fourth-order valence-corrected chi connectivity index (χ4v) is 5.13. The predicted octanol–water partition coefficient (Wildman–Crippen LogP) is 4.95. The van der Waals surface area contributed by atoms with Crippen LogP contribution in [0, 0.1) is 12.7 Å². The van der Waals surface area contributed by atoms with Crippen LogP contribution in [0.4, 0.5) is 29.2 Å². The molecule has 0 amide bonds. The maximum atomic E-state index is 14.7. The Morgan fingerprint density at radius 3 is 2.53 bits per heavy atom. The highest BCUT2D eigenvalue weighted by Gasteiger charge is 2.38. The zero-order chi connectivity index (χ0) is 24.2. The molecule has 3 aliphatic heterocycles. The van der Waals surface area contributed by atoms with E-state index in [1.54, 1.807) is 13.1 Å². The fraction of sp³-hybridized carbons (Fsp3) is 0.458. The summed E-state index contributed by atoms with van der Waals surface area (Å²) in [4.78, 5) is 9.40. The maximum Gasteiger partial charge on any atom is 0.419 e. The summed E-state index contributed by atoms with van der Waals surface area (Å²) in [7, 11) is 2.15. The Kier molecular flexibility index (Phi) is 5.58. The lowest BCUT2D eigenvalue weighted by Crippen LogP contribution is -2.61. The van der Waals surface area contributed by atoms with E-state index in [2.05, 4.69) is 32.4 Å². The van der Waals surface area contributed by atoms with E-state index < -0.39 is 23.6 Å². The van der Waals surface area contributed by atoms with E-state index in [1.807, 2.05) is 13.0 Å². The Balaban J connectivity index is 1.50. The number of anilines is 2. The van der Waals surface area contributed by atoms with E-state index in [4.69, 9.17) is 4.98 Å². The van der Waals surface area contributed by atoms with Gasteiger partial charge in [0.25, 0.3) is 0 Å². The van der Waals surface area contributed by atoms with Crippen molar-refractivity contribution in [3.8, 4) is 0 Å². The highest BCUT2D eigenvalue weighted by Crippen LogP contribution is 2.36. The lowest BCUT2D eigenvalue weighted by atomic mass is 9.91. The molecule has 0 aliphatic carbocycles. The number of alkyl halides is 3. The van der Waals surface area contributed by atoms with Crippen LogP contribution in [0.1, 0.15) is 42.6 Å². The van der Waals surface area contributed by atoms with Crippen LogP contribution in [0.2, 0.25) is 0 Å². The highest BCUT2D eigenvalue weighted by molar-refractivity contribution is 5.94. The van der Waals surface area contributed by atoms with E-state index in [0.29, 0.717) is 23.6 Å². The minimum absolute atomic E-state index is 0.0870. The number of pyridine rings is 1. The Morgan fingerprint density at radius 1 is 1.09 bits per heavy atom. The van der Waals surface area contributed by atoms with Gasteiger partial charge in [0, 0.05) is 47.7 Å². The molecule has 180 valence electrons. The van der Waals surface area contributed by atoms with Crippen LogP contribution in [-0.4, -0.2) is 52.3 Å². The van der Waals surface area contributed by atoms with Crippen molar-refractivity contribution >= 4 is 22.4 Å². The molecule has 3 atom stereocenters. The minimum atomic E-state index is -4.77. The van der Waals surface area contributed by atoms with Crippen LogP contribution in [-0.2, 0) is 6.18 Å². The summed E-state index contributed by atoms with van der Waals surface area (Å²) in [6.07, 6.45) is -0.720. The van der Waals surface area contributed by atoms with Crippen LogP contribution in [0.25, 0.3) is 10.8 Å². The van der Waals surface area contributed by atoms with Gasteiger partial charge < -0.3 is 10.2 Å². The third kappa shape index (κ3) is 3.93. The number of piperazine rings is 1. The molecule has 6 nitrogen and oxygen atoms in total. The third-order valence-corrected chi connectivity index (χ3v) is 7.09. The molecular formula is C24H26F4N6. The van der Waals surface area contributed by atoms with Gasteiger partial charge in [0.2, 0.25) is 0 Å². The Hall–Kier alpha value is -3.01. The summed E-state index contributed by atoms with van der Waals surface area (Å²) >= 11 is 0. The smallest absolute Gasteiger partial charge is 0.361 e. The molecule has 3 aliphatic rings. The second-order valence-corrected chi connectivity index (χ2v) is 9.27. The first-order valence-corrected chi connectivity index (χ1v) is 11.4. The van der Waals surface area contributed by atoms with Crippen LogP contribution in [0.3, 0.4) is 0 Å². The molecule has 34 heavy (non-hydrogen) atoms. The van der Waals surface area contributed by atoms with Crippen LogP contribution in [0.15, 0.2) is 30.5 Å². The van der Waals surface area contributed by atoms with Gasteiger partial charge >= 0.3 is 6.18 Å². The van der Waals surface area contributed by atoms with Crippen molar-refractivity contribution in [3.63, 3.8) is 0 Å². The Bertz CT molecular complexity index is 1230. The van der Waals surface area contributed by atoms with Gasteiger partial charge in [0.1, 0.15) is 11.6 Å². The van der Waals surface area contributed by atoms with Crippen LogP contribution < -0.4 is 10.2 Å². The van der Waals surface area contributed by atoms with Crippen molar-refractivity contribution in [2.45, 2.75) is 51.0 Å². The maximum absolute atomic E-state index is 14.7. The number of likely N-dealkylation sites (N-methyl/N-ethyl adjacent to an activating group) is 1. The van der Waals surface area contributed by atoms with Gasteiger partial charge in [-0.25, -0.2) is 9.37 Å². The van der Waals surface area contributed by atoms with Crippen molar-refractivity contribution in [2.75, 3.05) is 30.4 Å². The molecular weight excluding hydrogens is 448 g/mol. The molecule has 3 aromatic rings. The van der Waals surface area contributed by atoms with Gasteiger partial charge in [-0.15, -0.1) is 5.10 Å². The van der Waals surface area contributed by atoms with E-state index in [1.165, 1.54) is 18.6 Å². The number of aryl methyl sites for hydroxylation is 1. The summed E-state index contributed by atoms with van der Waals surface area (Å²) in [5.41, 5.74) is -0.677. The first-order valence-electron chi connectivity index (χ1n) is 11.4. The average molecular weight is 475 g/mol. The average Bonchev–Trinajstić information content (AvgIpc) is 2.80. The number of benzene rings is 1. The number of hydrogen-bond donors (Lipinski definition) is 1. The molecule has 2 bridgehead atoms. The zero-order valence-corrected chi connectivity index (χ0v) is 19.2. The summed E-state index contributed by atoms with van der Waals surface area (Å²) in [6.45, 7) is 5.31. The minimum Gasteiger partial charge on any atom is -0.361 e. The van der Waals surface area contributed by atoms with Gasteiger partial charge in [0.05, 0.1) is 17.3 Å². The van der Waals surface area contributed by atoms with Crippen LogP contribution in [0.5, 0.6) is 0 Å². The standard InChI is InChI=1S/C24H26F4N6/c1-13(17-5-4-6-20(22(17)25)24(26,27)28)30-23-18-9-21(29-10-19(18)14(2)31-32-23)34-12-15-7-8-16(34)11-33(15)3/h4-6,9-10,13,15-16H,7-8,11-12H2,1-3H3,(H,30,32)/t13-,15-,16-/m1/s1. The van der Waals surface area contributed by atoms with Crippen molar-refractivity contribution in [1.82, 2.24) is 20.1 Å². The largest absolute Gasteiger partial charge is 0.419 e. The van der Waals surface area contributed by atoms with E-state index >= 15 is 0 Å². The van der Waals surface area contributed by atoms with Gasteiger partial charge in [-0.3, -0.25) is 4.90 Å². The third-order valence-electron chi connectivity index (χ3n) is 7.09. The summed E-state index contributed by atoms with van der Waals surface area (Å²) < 4.78 is 54.3. The number of rotatable bonds is 4. The van der Waals surface area contributed by atoms with Crippen molar-refractivity contribution in [1.29, 1.82) is 0 Å². The van der Waals surface area contributed by atoms with Gasteiger partial charge in [-0.2, -0.15) is 18.3 Å². The monoisotopic (exact) mass is 474 g/mol. The molecule has 10 heteroatoms. The quantitative estimate of drug-likeness (QED) is 0.541. The topological polar surface area (TPSA) is 57.2 Å². The SMILES string of the molecule is Cc1nnc(N[C@H](C)c2cccc(C(F)(F)F)c2F)c2cc(N3C[C@H]4CC[C@@H]3CN4C)ncc12. The van der Waals surface area contributed by atoms with E-state index in [0.717, 1.165) is 42.2 Å². The highest BCUT2D eigenvalue weighted by atomic mass is 19.4. The molecule has 5 heterocycles. The van der Waals surface area contributed by atoms with Crippen molar-refractivity contribution in [2.24, 2.45) is 0 Å². The van der Waals surface area contributed by atoms with Gasteiger partial charge in [0.15, 0.2) is 5.82 Å². The molecule has 0 spiro atoms. The lowest BCUT2D eigenvalue weighted by molar-refractivity contribution is -0.140. The molecule has 6 rings (SSSR count). The molecule has 0 unspecified atom stereocenters. The molecule has 1 aromatic carbocycles. The van der Waals surface area contributed by atoms with E-state index in [9.17, 15) is 17.6 Å². The van der Waals surface area contributed by atoms with Gasteiger partial charge in [-0.1, -0.05) is 12.1 Å². The number of fused-ring (bicyclic) bond motifs is 4. The number of nitrogens with one attached hydrogen (secondary N) is 1. The summed E-state index contributed by atoms with van der Waals surface area (Å²) in [5, 5.41) is 13.1. The number of hydrogen-bond acceptors (Lipinski definition) is 6. The summed E-state index contributed by atoms with van der Waals surface area (Å²) in [5.74, 6) is -0.0632. The Morgan fingerprint density at radius 2 is 1.85 bits per heavy atom. The predicted molar refractivity (Wildman–Crippen MR) is 122 cm³/mol. The van der Waals surface area contributed by atoms with Crippen molar-refractivity contribution in [3.05, 3.63) is 53.1 Å². The van der Waals surface area contributed by atoms with Crippen molar-refractivity contribution < 1.29 is 17.6 Å². The lowest BCUT2D eigenvalue weighted by Gasteiger charge is -2.50. The molecule has 3 saturated heterocycles. The molecule has 2 aromatic heterocycles. The molecule has 1 N–H and O–H groups in total. The number of nitrogens with zero attached hydrogens (tertiary/aromatic N) is 5. The number of piperidine rings is 2. The molecule has 0 radical (unpaired) electrons. The normalized spacial score (nSPS) is 21.8. The van der Waals surface area contributed by atoms with Crippen LogP contribution >= 0.6 is 0 Å². The van der Waals surface area contributed by atoms with E-state index in [-0.39, 0.29) is 5.56 Å². The second-order valence-electron chi connectivity index (χ2n) is 9.27. The van der Waals surface area contributed by atoms with Gasteiger partial charge in [-0.05, 0) is 45.9 Å². The first-order chi connectivity index (χ1) is 16.1. The Labute approximate surface area is 195 Å². The zero-order valence-electron chi connectivity index (χ0n) is 19.2. The molecule has 3 fully saturated rings.